The van der Waals surface area contributed by atoms with Crippen LogP contribution in [0.4, 0.5) is 23.2 Å². The van der Waals surface area contributed by atoms with Gasteiger partial charge in [0.25, 0.3) is 0 Å². The fourth-order valence-corrected chi connectivity index (χ4v) is 1.83. The molecule has 2 aromatic rings. The zero-order valence-electron chi connectivity index (χ0n) is 10.3. The molecule has 1 unspecified atom stereocenters. The van der Waals surface area contributed by atoms with Crippen molar-refractivity contribution in [1.82, 2.24) is 0 Å². The third kappa shape index (κ3) is 3.08. The van der Waals surface area contributed by atoms with E-state index in [0.717, 1.165) is 12.1 Å². The van der Waals surface area contributed by atoms with E-state index in [1.807, 2.05) is 0 Å². The lowest BCUT2D eigenvalue weighted by molar-refractivity contribution is 0.444. The van der Waals surface area contributed by atoms with Crippen molar-refractivity contribution in [3.8, 4) is 0 Å². The van der Waals surface area contributed by atoms with Crippen molar-refractivity contribution in [3.63, 3.8) is 0 Å². The topological polar surface area (TPSA) is 38.0 Å². The summed E-state index contributed by atoms with van der Waals surface area (Å²) in [6.45, 7) is 0.00102. The summed E-state index contributed by atoms with van der Waals surface area (Å²) < 4.78 is 52.4. The molecule has 0 radical (unpaired) electrons. The molecule has 2 nitrogen and oxygen atoms in total. The highest BCUT2D eigenvalue weighted by atomic mass is 19.2. The van der Waals surface area contributed by atoms with E-state index in [-0.39, 0.29) is 12.1 Å². The summed E-state index contributed by atoms with van der Waals surface area (Å²) in [6.07, 6.45) is 0. The number of halogens is 4. The molecular formula is C14H12F4N2. The summed E-state index contributed by atoms with van der Waals surface area (Å²) in [5.41, 5.74) is 6.09. The average Bonchev–Trinajstić information content (AvgIpc) is 2.41. The number of rotatable bonds is 4. The molecule has 0 aliphatic heterocycles. The fraction of sp³-hybridized carbons (Fsp3) is 0.143. The Morgan fingerprint density at radius 3 is 2.20 bits per heavy atom. The Hall–Kier alpha value is -2.08. The number of hydrogen-bond acceptors (Lipinski definition) is 2. The van der Waals surface area contributed by atoms with Gasteiger partial charge in [0.15, 0.2) is 17.5 Å². The highest BCUT2D eigenvalue weighted by Crippen LogP contribution is 2.22. The van der Waals surface area contributed by atoms with Gasteiger partial charge < -0.3 is 11.1 Å². The Morgan fingerprint density at radius 2 is 1.65 bits per heavy atom. The minimum atomic E-state index is -1.53. The molecule has 20 heavy (non-hydrogen) atoms. The van der Waals surface area contributed by atoms with Crippen LogP contribution in [0.1, 0.15) is 11.6 Å². The van der Waals surface area contributed by atoms with Gasteiger partial charge in [0.1, 0.15) is 5.82 Å². The first-order valence-corrected chi connectivity index (χ1v) is 5.88. The second-order valence-corrected chi connectivity index (χ2v) is 4.24. The fourth-order valence-electron chi connectivity index (χ4n) is 1.83. The molecule has 3 N–H and O–H groups in total. The molecule has 0 spiro atoms. The molecule has 6 heteroatoms. The summed E-state index contributed by atoms with van der Waals surface area (Å²) in [5, 5.41) is 2.84. The first-order chi connectivity index (χ1) is 9.51. The van der Waals surface area contributed by atoms with Crippen molar-refractivity contribution in [2.24, 2.45) is 5.73 Å². The van der Waals surface area contributed by atoms with Crippen molar-refractivity contribution in [1.29, 1.82) is 0 Å². The highest BCUT2D eigenvalue weighted by Gasteiger charge is 2.16. The molecule has 2 rings (SSSR count). The van der Waals surface area contributed by atoms with Crippen molar-refractivity contribution in [2.45, 2.75) is 6.04 Å². The lowest BCUT2D eigenvalue weighted by Gasteiger charge is -2.19. The summed E-state index contributed by atoms with van der Waals surface area (Å²) in [5.74, 6) is -4.57. The summed E-state index contributed by atoms with van der Waals surface area (Å²) in [7, 11) is 0. The maximum Gasteiger partial charge on any atom is 0.194 e. The normalized spacial score (nSPS) is 12.2. The van der Waals surface area contributed by atoms with E-state index in [9.17, 15) is 17.6 Å². The molecular weight excluding hydrogens is 272 g/mol. The molecule has 0 bridgehead atoms. The minimum Gasteiger partial charge on any atom is -0.377 e. The van der Waals surface area contributed by atoms with Gasteiger partial charge in [-0.1, -0.05) is 6.07 Å². The van der Waals surface area contributed by atoms with Gasteiger partial charge in [-0.15, -0.1) is 0 Å². The predicted octanol–water partition coefficient (Wildman–Crippen LogP) is 3.35. The Bertz CT molecular complexity index is 593. The molecule has 0 heterocycles. The van der Waals surface area contributed by atoms with Crippen LogP contribution in [-0.2, 0) is 0 Å². The molecule has 1 atom stereocenters. The smallest absolute Gasteiger partial charge is 0.194 e. The van der Waals surface area contributed by atoms with Crippen LogP contribution in [0, 0.1) is 23.3 Å². The molecule has 0 saturated heterocycles. The lowest BCUT2D eigenvalue weighted by Crippen LogP contribution is -2.21. The summed E-state index contributed by atoms with van der Waals surface area (Å²) in [6, 6.07) is 6.61. The van der Waals surface area contributed by atoms with Gasteiger partial charge in [-0.05, 0) is 35.9 Å². The second kappa shape index (κ2) is 5.92. The molecule has 2 aromatic carbocycles. The average molecular weight is 284 g/mol. The summed E-state index contributed by atoms with van der Waals surface area (Å²) in [4.78, 5) is 0. The SMILES string of the molecule is NCC(Nc1cccc(F)c1)c1cc(F)c(F)c(F)c1. The molecule has 0 amide bonds. The minimum absolute atomic E-state index is 0.00102. The van der Waals surface area contributed by atoms with Gasteiger partial charge in [-0.25, -0.2) is 17.6 Å². The van der Waals surface area contributed by atoms with Crippen LogP contribution in [0.15, 0.2) is 36.4 Å². The van der Waals surface area contributed by atoms with E-state index in [1.54, 1.807) is 6.07 Å². The van der Waals surface area contributed by atoms with E-state index in [0.29, 0.717) is 5.69 Å². The van der Waals surface area contributed by atoms with Crippen LogP contribution in [0.3, 0.4) is 0 Å². The molecule has 0 saturated carbocycles. The van der Waals surface area contributed by atoms with Crippen molar-refractivity contribution >= 4 is 5.69 Å². The Balaban J connectivity index is 2.29. The van der Waals surface area contributed by atoms with Gasteiger partial charge in [0.05, 0.1) is 6.04 Å². The number of anilines is 1. The molecule has 0 aliphatic carbocycles. The van der Waals surface area contributed by atoms with E-state index in [2.05, 4.69) is 5.32 Å². The summed E-state index contributed by atoms with van der Waals surface area (Å²) >= 11 is 0. The number of hydrogen-bond donors (Lipinski definition) is 2. The Morgan fingerprint density at radius 1 is 1.00 bits per heavy atom. The largest absolute Gasteiger partial charge is 0.377 e. The van der Waals surface area contributed by atoms with Crippen molar-refractivity contribution in [2.75, 3.05) is 11.9 Å². The maximum absolute atomic E-state index is 13.2. The zero-order chi connectivity index (χ0) is 14.7. The number of nitrogens with one attached hydrogen (secondary N) is 1. The lowest BCUT2D eigenvalue weighted by atomic mass is 10.1. The van der Waals surface area contributed by atoms with Crippen LogP contribution in [0.25, 0.3) is 0 Å². The van der Waals surface area contributed by atoms with E-state index in [1.165, 1.54) is 18.2 Å². The van der Waals surface area contributed by atoms with Gasteiger partial charge in [0.2, 0.25) is 0 Å². The Kier molecular flexibility index (Phi) is 4.24. The van der Waals surface area contributed by atoms with E-state index < -0.39 is 29.3 Å². The quantitative estimate of drug-likeness (QED) is 0.667. The van der Waals surface area contributed by atoms with Gasteiger partial charge in [-0.2, -0.15) is 0 Å². The van der Waals surface area contributed by atoms with Gasteiger partial charge >= 0.3 is 0 Å². The van der Waals surface area contributed by atoms with Gasteiger partial charge in [0, 0.05) is 12.2 Å². The number of nitrogens with two attached hydrogens (primary N) is 1. The van der Waals surface area contributed by atoms with Crippen molar-refractivity contribution in [3.05, 3.63) is 65.2 Å². The van der Waals surface area contributed by atoms with Crippen LogP contribution in [-0.4, -0.2) is 6.54 Å². The standard InChI is InChI=1S/C14H12F4N2/c15-9-2-1-3-10(6-9)20-13(7-19)8-4-11(16)14(18)12(17)5-8/h1-6,13,20H,7,19H2. The maximum atomic E-state index is 13.2. The Labute approximate surface area is 113 Å². The van der Waals surface area contributed by atoms with Crippen LogP contribution < -0.4 is 11.1 Å². The predicted molar refractivity (Wildman–Crippen MR) is 68.1 cm³/mol. The van der Waals surface area contributed by atoms with E-state index in [4.69, 9.17) is 5.73 Å². The first-order valence-electron chi connectivity index (χ1n) is 5.88. The monoisotopic (exact) mass is 284 g/mol. The van der Waals surface area contributed by atoms with Crippen molar-refractivity contribution < 1.29 is 17.6 Å². The zero-order valence-corrected chi connectivity index (χ0v) is 10.3. The van der Waals surface area contributed by atoms with Crippen LogP contribution in [0.2, 0.25) is 0 Å². The van der Waals surface area contributed by atoms with Gasteiger partial charge in [-0.3, -0.25) is 0 Å². The molecule has 0 fully saturated rings. The third-order valence-corrected chi connectivity index (χ3v) is 2.81. The van der Waals surface area contributed by atoms with Crippen LogP contribution in [0.5, 0.6) is 0 Å². The van der Waals surface area contributed by atoms with E-state index >= 15 is 0 Å². The molecule has 0 aliphatic rings. The molecule has 106 valence electrons. The first kappa shape index (κ1) is 14.3. The second-order valence-electron chi connectivity index (χ2n) is 4.24. The third-order valence-electron chi connectivity index (χ3n) is 2.81. The number of benzene rings is 2. The highest BCUT2D eigenvalue weighted by molar-refractivity contribution is 5.46. The van der Waals surface area contributed by atoms with Crippen LogP contribution >= 0.6 is 0 Å². The molecule has 0 aromatic heterocycles.